The van der Waals surface area contributed by atoms with Gasteiger partial charge in [-0.05, 0) is 57.0 Å². The summed E-state index contributed by atoms with van der Waals surface area (Å²) in [6.45, 7) is 6.19. The molecule has 1 atom stereocenters. The van der Waals surface area contributed by atoms with Gasteiger partial charge in [0.1, 0.15) is 5.75 Å². The average Bonchev–Trinajstić information content (AvgIpc) is 2.47. The van der Waals surface area contributed by atoms with Crippen LogP contribution in [0.1, 0.15) is 26.7 Å². The molecule has 4 nitrogen and oxygen atoms in total. The van der Waals surface area contributed by atoms with Crippen LogP contribution in [-0.2, 0) is 4.79 Å². The van der Waals surface area contributed by atoms with Gasteiger partial charge in [0.05, 0.1) is 18.2 Å². The van der Waals surface area contributed by atoms with Crippen molar-refractivity contribution in [3.63, 3.8) is 0 Å². The van der Waals surface area contributed by atoms with Gasteiger partial charge in [0.15, 0.2) is 0 Å². The summed E-state index contributed by atoms with van der Waals surface area (Å²) in [5.41, 5.74) is 0.697. The summed E-state index contributed by atoms with van der Waals surface area (Å²) in [6, 6.07) is 5.14. The SMILES string of the molecule is COc1ccc(NC(=O)[C@@H](C)N2CCC(C)CC2)cc1Cl. The maximum Gasteiger partial charge on any atom is 0.241 e. The van der Waals surface area contributed by atoms with Crippen LogP contribution in [0.2, 0.25) is 5.02 Å². The highest BCUT2D eigenvalue weighted by Crippen LogP contribution is 2.27. The number of piperidine rings is 1. The highest BCUT2D eigenvalue weighted by Gasteiger charge is 2.25. The van der Waals surface area contributed by atoms with Gasteiger partial charge in [0, 0.05) is 5.69 Å². The molecule has 0 spiro atoms. The largest absolute Gasteiger partial charge is 0.495 e. The van der Waals surface area contributed by atoms with Gasteiger partial charge in [-0.1, -0.05) is 18.5 Å². The van der Waals surface area contributed by atoms with Gasteiger partial charge < -0.3 is 10.1 Å². The first-order valence-corrected chi connectivity index (χ1v) is 7.77. The Morgan fingerprint density at radius 3 is 2.67 bits per heavy atom. The van der Waals surface area contributed by atoms with Crippen LogP contribution < -0.4 is 10.1 Å². The molecule has 1 amide bonds. The Labute approximate surface area is 131 Å². The number of carbonyl (C=O) groups excluding carboxylic acids is 1. The van der Waals surface area contributed by atoms with Gasteiger partial charge in [-0.25, -0.2) is 0 Å². The minimum atomic E-state index is -0.127. The summed E-state index contributed by atoms with van der Waals surface area (Å²) in [4.78, 5) is 14.6. The Bertz CT molecular complexity index is 499. The van der Waals surface area contributed by atoms with Crippen molar-refractivity contribution in [2.75, 3.05) is 25.5 Å². The van der Waals surface area contributed by atoms with Gasteiger partial charge in [-0.15, -0.1) is 0 Å². The van der Waals surface area contributed by atoms with E-state index in [-0.39, 0.29) is 11.9 Å². The van der Waals surface area contributed by atoms with Crippen molar-refractivity contribution >= 4 is 23.2 Å². The van der Waals surface area contributed by atoms with Crippen molar-refractivity contribution in [1.29, 1.82) is 0 Å². The number of likely N-dealkylation sites (tertiary alicyclic amines) is 1. The number of carbonyl (C=O) groups is 1. The molecule has 116 valence electrons. The standard InChI is InChI=1S/C16H23ClN2O2/c1-11-6-8-19(9-7-11)12(2)16(20)18-13-4-5-15(21-3)14(17)10-13/h4-5,10-12H,6-9H2,1-3H3,(H,18,20)/t12-/m1/s1. The second-order valence-corrected chi connectivity index (χ2v) is 6.14. The van der Waals surface area contributed by atoms with E-state index in [0.717, 1.165) is 31.8 Å². The molecule has 0 bridgehead atoms. The molecule has 0 unspecified atom stereocenters. The van der Waals surface area contributed by atoms with Gasteiger partial charge >= 0.3 is 0 Å². The number of nitrogens with zero attached hydrogens (tertiary/aromatic N) is 1. The highest BCUT2D eigenvalue weighted by molar-refractivity contribution is 6.32. The number of benzene rings is 1. The fourth-order valence-electron chi connectivity index (χ4n) is 2.57. The number of amides is 1. The minimum Gasteiger partial charge on any atom is -0.495 e. The van der Waals surface area contributed by atoms with Crippen LogP contribution in [-0.4, -0.2) is 37.0 Å². The van der Waals surface area contributed by atoms with Crippen molar-refractivity contribution in [3.8, 4) is 5.75 Å². The van der Waals surface area contributed by atoms with E-state index in [4.69, 9.17) is 16.3 Å². The topological polar surface area (TPSA) is 41.6 Å². The molecule has 1 aliphatic rings. The molecule has 5 heteroatoms. The summed E-state index contributed by atoms with van der Waals surface area (Å²) < 4.78 is 5.10. The summed E-state index contributed by atoms with van der Waals surface area (Å²) in [5, 5.41) is 3.42. The molecule has 2 rings (SSSR count). The van der Waals surface area contributed by atoms with Gasteiger partial charge in [-0.2, -0.15) is 0 Å². The first-order chi connectivity index (χ1) is 10.0. The fraction of sp³-hybridized carbons (Fsp3) is 0.562. The summed E-state index contributed by atoms with van der Waals surface area (Å²) >= 11 is 6.07. The molecule has 1 aromatic carbocycles. The number of hydrogen-bond acceptors (Lipinski definition) is 3. The molecule has 1 aliphatic heterocycles. The van der Waals surface area contributed by atoms with Crippen LogP contribution >= 0.6 is 11.6 Å². The summed E-state index contributed by atoms with van der Waals surface area (Å²) in [5.74, 6) is 1.37. The Hall–Kier alpha value is -1.26. The van der Waals surface area contributed by atoms with Crippen LogP contribution in [0, 0.1) is 5.92 Å². The predicted octanol–water partition coefficient (Wildman–Crippen LogP) is 3.41. The predicted molar refractivity (Wildman–Crippen MR) is 86.1 cm³/mol. The van der Waals surface area contributed by atoms with Crippen LogP contribution in [0.5, 0.6) is 5.75 Å². The molecule has 0 saturated carbocycles. The van der Waals surface area contributed by atoms with Gasteiger partial charge in [0.25, 0.3) is 0 Å². The van der Waals surface area contributed by atoms with Crippen LogP contribution in [0.25, 0.3) is 0 Å². The number of hydrogen-bond donors (Lipinski definition) is 1. The molecule has 0 radical (unpaired) electrons. The minimum absolute atomic E-state index is 0.00536. The maximum absolute atomic E-state index is 12.3. The number of ether oxygens (including phenoxy) is 1. The van der Waals surface area contributed by atoms with E-state index in [9.17, 15) is 4.79 Å². The zero-order valence-electron chi connectivity index (χ0n) is 12.9. The Balaban J connectivity index is 1.95. The molecule has 1 fully saturated rings. The quantitative estimate of drug-likeness (QED) is 0.926. The lowest BCUT2D eigenvalue weighted by atomic mass is 9.98. The number of rotatable bonds is 4. The third-order valence-electron chi connectivity index (χ3n) is 4.16. The van der Waals surface area contributed by atoms with Crippen molar-refractivity contribution < 1.29 is 9.53 Å². The van der Waals surface area contributed by atoms with Crippen LogP contribution in [0.15, 0.2) is 18.2 Å². The lowest BCUT2D eigenvalue weighted by Crippen LogP contribution is -2.45. The molecule has 0 aromatic heterocycles. The third kappa shape index (κ3) is 4.11. The van der Waals surface area contributed by atoms with E-state index in [1.54, 1.807) is 25.3 Å². The first kappa shape index (κ1) is 16.1. The van der Waals surface area contributed by atoms with E-state index in [1.165, 1.54) is 0 Å². The van der Waals surface area contributed by atoms with E-state index in [0.29, 0.717) is 16.5 Å². The number of methoxy groups -OCH3 is 1. The third-order valence-corrected chi connectivity index (χ3v) is 4.46. The normalized spacial score (nSPS) is 18.3. The molecule has 1 saturated heterocycles. The second-order valence-electron chi connectivity index (χ2n) is 5.73. The Kier molecular flexibility index (Phi) is 5.48. The van der Waals surface area contributed by atoms with E-state index in [1.807, 2.05) is 6.92 Å². The number of anilines is 1. The summed E-state index contributed by atoms with van der Waals surface area (Å²) in [6.07, 6.45) is 2.32. The highest BCUT2D eigenvalue weighted by atomic mass is 35.5. The zero-order chi connectivity index (χ0) is 15.4. The molecule has 21 heavy (non-hydrogen) atoms. The van der Waals surface area contributed by atoms with E-state index >= 15 is 0 Å². The van der Waals surface area contributed by atoms with E-state index < -0.39 is 0 Å². The fourth-order valence-corrected chi connectivity index (χ4v) is 2.83. The van der Waals surface area contributed by atoms with Crippen molar-refractivity contribution in [2.45, 2.75) is 32.7 Å². The van der Waals surface area contributed by atoms with E-state index in [2.05, 4.69) is 17.1 Å². The molecule has 1 N–H and O–H groups in total. The van der Waals surface area contributed by atoms with Crippen molar-refractivity contribution in [3.05, 3.63) is 23.2 Å². The van der Waals surface area contributed by atoms with Gasteiger partial charge in [0.2, 0.25) is 5.91 Å². The zero-order valence-corrected chi connectivity index (χ0v) is 13.6. The summed E-state index contributed by atoms with van der Waals surface area (Å²) in [7, 11) is 1.57. The lowest BCUT2D eigenvalue weighted by molar-refractivity contribution is -0.121. The number of halogens is 1. The van der Waals surface area contributed by atoms with Gasteiger partial charge in [-0.3, -0.25) is 9.69 Å². The van der Waals surface area contributed by atoms with Crippen LogP contribution in [0.3, 0.4) is 0 Å². The molecular weight excluding hydrogens is 288 g/mol. The second kappa shape index (κ2) is 7.14. The maximum atomic E-state index is 12.3. The van der Waals surface area contributed by atoms with Crippen LogP contribution in [0.4, 0.5) is 5.69 Å². The smallest absolute Gasteiger partial charge is 0.241 e. The Morgan fingerprint density at radius 2 is 2.10 bits per heavy atom. The first-order valence-electron chi connectivity index (χ1n) is 7.39. The molecule has 1 aromatic rings. The molecule has 0 aliphatic carbocycles. The molecular formula is C16H23ClN2O2. The lowest BCUT2D eigenvalue weighted by Gasteiger charge is -2.34. The average molecular weight is 311 g/mol. The van der Waals surface area contributed by atoms with Crippen molar-refractivity contribution in [2.24, 2.45) is 5.92 Å². The number of nitrogens with one attached hydrogen (secondary N) is 1. The molecule has 1 heterocycles. The monoisotopic (exact) mass is 310 g/mol. The Morgan fingerprint density at radius 1 is 1.43 bits per heavy atom. The van der Waals surface area contributed by atoms with Crippen molar-refractivity contribution in [1.82, 2.24) is 4.90 Å².